The molecule has 1 fully saturated rings. The molecule has 2 rings (SSSR count). The number of hydrogen-bond donors (Lipinski definition) is 2. The van der Waals surface area contributed by atoms with Crippen molar-refractivity contribution >= 4 is 15.9 Å². The van der Waals surface area contributed by atoms with E-state index in [0.717, 1.165) is 0 Å². The van der Waals surface area contributed by atoms with Crippen molar-refractivity contribution in [3.63, 3.8) is 0 Å². The van der Waals surface area contributed by atoms with Crippen LogP contribution in [0.15, 0.2) is 35.2 Å². The molecule has 7 heteroatoms. The standard InChI is InChI=1S/C14H21N3O3S/c1-11(15)14(18)17-9-7-12(8-10-17)16-21(19,20)13-5-3-2-4-6-13/h2-6,11-12,16H,7-10,15H2,1H3/t11-/m1/s1. The van der Waals surface area contributed by atoms with E-state index in [-0.39, 0.29) is 16.8 Å². The van der Waals surface area contributed by atoms with Gasteiger partial charge in [-0.05, 0) is 31.9 Å². The molecule has 1 aromatic rings. The predicted octanol–water partition coefficient (Wildman–Crippen LogP) is 0.303. The van der Waals surface area contributed by atoms with Gasteiger partial charge in [0.25, 0.3) is 0 Å². The lowest BCUT2D eigenvalue weighted by Gasteiger charge is -2.33. The zero-order chi connectivity index (χ0) is 15.5. The summed E-state index contributed by atoms with van der Waals surface area (Å²) in [5.41, 5.74) is 5.58. The number of benzene rings is 1. The first-order chi connectivity index (χ1) is 9.90. The molecule has 21 heavy (non-hydrogen) atoms. The van der Waals surface area contributed by atoms with Crippen LogP contribution in [0.25, 0.3) is 0 Å². The molecule has 0 radical (unpaired) electrons. The van der Waals surface area contributed by atoms with Crippen molar-refractivity contribution in [3.8, 4) is 0 Å². The summed E-state index contributed by atoms with van der Waals surface area (Å²) in [6.07, 6.45) is 1.20. The third-order valence-electron chi connectivity index (χ3n) is 3.57. The smallest absolute Gasteiger partial charge is 0.240 e. The third-order valence-corrected chi connectivity index (χ3v) is 5.11. The van der Waals surface area contributed by atoms with Crippen molar-refractivity contribution in [1.29, 1.82) is 0 Å². The number of nitrogens with two attached hydrogens (primary N) is 1. The molecule has 0 bridgehead atoms. The first kappa shape index (κ1) is 15.9. The van der Waals surface area contributed by atoms with Crippen molar-refractivity contribution in [2.45, 2.75) is 36.7 Å². The minimum Gasteiger partial charge on any atom is -0.341 e. The van der Waals surface area contributed by atoms with E-state index in [9.17, 15) is 13.2 Å². The molecule has 1 aliphatic heterocycles. The zero-order valence-corrected chi connectivity index (χ0v) is 12.8. The highest BCUT2D eigenvalue weighted by molar-refractivity contribution is 7.89. The van der Waals surface area contributed by atoms with Gasteiger partial charge in [0, 0.05) is 19.1 Å². The summed E-state index contributed by atoms with van der Waals surface area (Å²) in [4.78, 5) is 13.7. The Balaban J connectivity index is 1.93. The number of rotatable bonds is 4. The van der Waals surface area contributed by atoms with Gasteiger partial charge in [-0.1, -0.05) is 18.2 Å². The van der Waals surface area contributed by atoms with Crippen LogP contribution in [0.1, 0.15) is 19.8 Å². The molecule has 1 amide bonds. The van der Waals surface area contributed by atoms with Gasteiger partial charge in [-0.25, -0.2) is 13.1 Å². The van der Waals surface area contributed by atoms with Crippen molar-refractivity contribution in [1.82, 2.24) is 9.62 Å². The summed E-state index contributed by atoms with van der Waals surface area (Å²) >= 11 is 0. The Morgan fingerprint density at radius 1 is 1.29 bits per heavy atom. The minimum atomic E-state index is -3.49. The Morgan fingerprint density at radius 3 is 2.38 bits per heavy atom. The Hall–Kier alpha value is -1.44. The van der Waals surface area contributed by atoms with Gasteiger partial charge in [-0.2, -0.15) is 0 Å². The molecule has 0 saturated carbocycles. The molecule has 0 aromatic heterocycles. The van der Waals surface area contributed by atoms with Gasteiger partial charge in [0.1, 0.15) is 0 Å². The summed E-state index contributed by atoms with van der Waals surface area (Å²) < 4.78 is 27.1. The number of amides is 1. The lowest BCUT2D eigenvalue weighted by Crippen LogP contribution is -2.50. The number of nitrogens with one attached hydrogen (secondary N) is 1. The number of nitrogens with zero attached hydrogens (tertiary/aromatic N) is 1. The summed E-state index contributed by atoms with van der Waals surface area (Å²) in [6, 6.07) is 7.64. The highest BCUT2D eigenvalue weighted by Crippen LogP contribution is 2.15. The van der Waals surface area contributed by atoms with E-state index in [1.54, 1.807) is 42.2 Å². The molecule has 1 heterocycles. The molecular weight excluding hydrogens is 290 g/mol. The number of carbonyl (C=O) groups excluding carboxylic acids is 1. The van der Waals surface area contributed by atoms with Crippen LogP contribution in [0.4, 0.5) is 0 Å². The molecule has 0 spiro atoms. The van der Waals surface area contributed by atoms with Gasteiger partial charge in [0.05, 0.1) is 10.9 Å². The summed E-state index contributed by atoms with van der Waals surface area (Å²) in [5, 5.41) is 0. The van der Waals surface area contributed by atoms with E-state index in [4.69, 9.17) is 5.73 Å². The first-order valence-corrected chi connectivity index (χ1v) is 8.50. The molecule has 3 N–H and O–H groups in total. The molecule has 1 aliphatic rings. The van der Waals surface area contributed by atoms with Crippen LogP contribution in [-0.2, 0) is 14.8 Å². The van der Waals surface area contributed by atoms with Crippen LogP contribution in [0.2, 0.25) is 0 Å². The maximum atomic E-state index is 12.2. The minimum absolute atomic E-state index is 0.0839. The first-order valence-electron chi connectivity index (χ1n) is 7.02. The fourth-order valence-corrected chi connectivity index (χ4v) is 3.72. The van der Waals surface area contributed by atoms with E-state index >= 15 is 0 Å². The van der Waals surface area contributed by atoms with Gasteiger partial charge >= 0.3 is 0 Å². The molecule has 1 atom stereocenters. The topological polar surface area (TPSA) is 92.5 Å². The lowest BCUT2D eigenvalue weighted by atomic mass is 10.1. The Kier molecular flexibility index (Phi) is 4.97. The zero-order valence-electron chi connectivity index (χ0n) is 12.0. The maximum Gasteiger partial charge on any atom is 0.240 e. The van der Waals surface area contributed by atoms with Gasteiger partial charge in [-0.15, -0.1) is 0 Å². The summed E-state index contributed by atoms with van der Waals surface area (Å²) in [5.74, 6) is -0.0839. The monoisotopic (exact) mass is 311 g/mol. The van der Waals surface area contributed by atoms with E-state index in [2.05, 4.69) is 4.72 Å². The van der Waals surface area contributed by atoms with Gasteiger partial charge in [0.2, 0.25) is 15.9 Å². The molecule has 0 unspecified atom stereocenters. The van der Waals surface area contributed by atoms with Gasteiger partial charge in [0.15, 0.2) is 0 Å². The Morgan fingerprint density at radius 2 is 1.86 bits per heavy atom. The second-order valence-electron chi connectivity index (χ2n) is 5.32. The molecule has 116 valence electrons. The van der Waals surface area contributed by atoms with Crippen LogP contribution in [0.5, 0.6) is 0 Å². The molecule has 1 saturated heterocycles. The highest BCUT2D eigenvalue weighted by atomic mass is 32.2. The highest BCUT2D eigenvalue weighted by Gasteiger charge is 2.27. The van der Waals surface area contributed by atoms with Crippen molar-refractivity contribution in [3.05, 3.63) is 30.3 Å². The van der Waals surface area contributed by atoms with Crippen molar-refractivity contribution < 1.29 is 13.2 Å². The van der Waals surface area contributed by atoms with Crippen LogP contribution >= 0.6 is 0 Å². The number of likely N-dealkylation sites (tertiary alicyclic amines) is 1. The SMILES string of the molecule is C[C@@H](N)C(=O)N1CCC(NS(=O)(=O)c2ccccc2)CC1. The largest absolute Gasteiger partial charge is 0.341 e. The molecule has 6 nitrogen and oxygen atoms in total. The van der Waals surface area contributed by atoms with E-state index in [0.29, 0.717) is 25.9 Å². The van der Waals surface area contributed by atoms with E-state index in [1.807, 2.05) is 0 Å². The molecule has 0 aliphatic carbocycles. The third kappa shape index (κ3) is 4.03. The number of piperidine rings is 1. The summed E-state index contributed by atoms with van der Waals surface area (Å²) in [6.45, 7) is 2.72. The Bertz CT molecular complexity index is 579. The van der Waals surface area contributed by atoms with E-state index in [1.165, 1.54) is 0 Å². The number of hydrogen-bond acceptors (Lipinski definition) is 4. The van der Waals surface area contributed by atoms with Crippen LogP contribution in [0, 0.1) is 0 Å². The van der Waals surface area contributed by atoms with Crippen LogP contribution in [0.3, 0.4) is 0 Å². The second kappa shape index (κ2) is 6.55. The average molecular weight is 311 g/mol. The molecule has 1 aromatic carbocycles. The predicted molar refractivity (Wildman–Crippen MR) is 80.0 cm³/mol. The average Bonchev–Trinajstić information content (AvgIpc) is 2.48. The fraction of sp³-hybridized carbons (Fsp3) is 0.500. The van der Waals surface area contributed by atoms with Gasteiger partial charge in [-0.3, -0.25) is 4.79 Å². The van der Waals surface area contributed by atoms with Crippen LogP contribution in [-0.4, -0.2) is 44.4 Å². The fourth-order valence-electron chi connectivity index (χ4n) is 2.39. The van der Waals surface area contributed by atoms with E-state index < -0.39 is 16.1 Å². The van der Waals surface area contributed by atoms with Crippen molar-refractivity contribution in [2.24, 2.45) is 5.73 Å². The second-order valence-corrected chi connectivity index (χ2v) is 7.04. The van der Waals surface area contributed by atoms with Crippen LogP contribution < -0.4 is 10.5 Å². The summed E-state index contributed by atoms with van der Waals surface area (Å²) in [7, 11) is -3.49. The Labute approximate surface area is 125 Å². The number of carbonyl (C=O) groups is 1. The van der Waals surface area contributed by atoms with Gasteiger partial charge < -0.3 is 10.6 Å². The van der Waals surface area contributed by atoms with Crippen molar-refractivity contribution in [2.75, 3.05) is 13.1 Å². The lowest BCUT2D eigenvalue weighted by molar-refractivity contribution is -0.133. The normalized spacial score (nSPS) is 18.5. The number of sulfonamides is 1. The maximum absolute atomic E-state index is 12.2. The molecular formula is C14H21N3O3S. The quantitative estimate of drug-likeness (QED) is 0.836.